The molecule has 4 heteroatoms. The number of oxazole rings is 1. The molecule has 83 valence electrons. The lowest BCUT2D eigenvalue weighted by Gasteiger charge is -2.36. The number of hydrogen-bond acceptors (Lipinski definition) is 4. The van der Waals surface area contributed by atoms with E-state index in [1.54, 1.807) is 6.20 Å². The molecule has 1 aliphatic heterocycles. The average molecular weight is 208 g/mol. The molecule has 15 heavy (non-hydrogen) atoms. The Morgan fingerprint density at radius 1 is 1.40 bits per heavy atom. The lowest BCUT2D eigenvalue weighted by Crippen LogP contribution is -2.48. The minimum absolute atomic E-state index is 0.658. The second-order valence-corrected chi connectivity index (χ2v) is 4.32. The Bertz CT molecular complexity index is 276. The maximum absolute atomic E-state index is 5.12. The Hall–Kier alpha value is -0.870. The van der Waals surface area contributed by atoms with Crippen LogP contribution in [-0.2, 0) is 6.54 Å². The van der Waals surface area contributed by atoms with Crippen molar-refractivity contribution in [3.63, 3.8) is 0 Å². The molecule has 1 aliphatic rings. The molecule has 0 atom stereocenters. The number of nitrogens with zero attached hydrogens (tertiary/aromatic N) is 3. The smallest absolute Gasteiger partial charge is 0.283 e. The first-order valence-corrected chi connectivity index (χ1v) is 5.53. The highest BCUT2D eigenvalue weighted by molar-refractivity contribution is 4.89. The molecule has 2 rings (SSSR count). The summed E-state index contributed by atoms with van der Waals surface area (Å²) in [7, 11) is 0. The first-order valence-electron chi connectivity index (χ1n) is 5.53. The Balaban J connectivity index is 1.79. The van der Waals surface area contributed by atoms with E-state index < -0.39 is 0 Å². The largest absolute Gasteiger partial charge is 0.436 e. The maximum Gasteiger partial charge on any atom is 0.283 e. The molecule has 0 saturated carbocycles. The van der Waals surface area contributed by atoms with Crippen LogP contribution in [0.25, 0.3) is 0 Å². The molecule has 4 nitrogen and oxygen atoms in total. The predicted octanol–water partition coefficient (Wildman–Crippen LogP) is 1.00. The van der Waals surface area contributed by atoms with Gasteiger partial charge in [-0.2, -0.15) is 0 Å². The summed E-state index contributed by atoms with van der Waals surface area (Å²) < 4.78 is 5.12. The molecular weight excluding hydrogens is 190 g/mol. The van der Waals surface area contributed by atoms with Crippen LogP contribution in [0.15, 0.2) is 10.6 Å². The van der Waals surface area contributed by atoms with Gasteiger partial charge in [0, 0.05) is 32.2 Å². The molecule has 1 radical (unpaired) electrons. The molecule has 1 aromatic rings. The van der Waals surface area contributed by atoms with Crippen molar-refractivity contribution >= 4 is 0 Å². The van der Waals surface area contributed by atoms with E-state index in [0.29, 0.717) is 6.04 Å². The van der Waals surface area contributed by atoms with Gasteiger partial charge in [-0.3, -0.25) is 9.80 Å². The fraction of sp³-hybridized carbons (Fsp3) is 0.727. The van der Waals surface area contributed by atoms with Crippen molar-refractivity contribution < 1.29 is 4.42 Å². The highest BCUT2D eigenvalue weighted by atomic mass is 16.3. The van der Waals surface area contributed by atoms with Crippen LogP contribution < -0.4 is 0 Å². The number of piperazine rings is 1. The summed E-state index contributed by atoms with van der Waals surface area (Å²) in [6, 6.07) is 0.658. The van der Waals surface area contributed by atoms with Gasteiger partial charge in [0.25, 0.3) is 6.39 Å². The van der Waals surface area contributed by atoms with Crippen molar-refractivity contribution in [1.29, 1.82) is 0 Å². The zero-order valence-electron chi connectivity index (χ0n) is 9.44. The summed E-state index contributed by atoms with van der Waals surface area (Å²) in [5.74, 6) is 0.910. The molecule has 0 bridgehead atoms. The van der Waals surface area contributed by atoms with Crippen molar-refractivity contribution in [2.24, 2.45) is 0 Å². The monoisotopic (exact) mass is 208 g/mol. The molecule has 0 amide bonds. The van der Waals surface area contributed by atoms with E-state index in [0.717, 1.165) is 38.5 Å². The highest BCUT2D eigenvalue weighted by Gasteiger charge is 2.19. The molecule has 0 unspecified atom stereocenters. The number of rotatable bonds is 3. The van der Waals surface area contributed by atoms with E-state index in [1.807, 2.05) is 0 Å². The SMILES string of the molecule is CC(C)N1CCN(Cc2cn[c]o2)CC1. The third-order valence-electron chi connectivity index (χ3n) is 2.95. The third kappa shape index (κ3) is 2.79. The fourth-order valence-electron chi connectivity index (χ4n) is 1.94. The molecule has 2 heterocycles. The van der Waals surface area contributed by atoms with Crippen molar-refractivity contribution in [1.82, 2.24) is 14.8 Å². The van der Waals surface area contributed by atoms with E-state index in [9.17, 15) is 0 Å². The Labute approximate surface area is 90.9 Å². The molecular formula is C11H18N3O. The third-order valence-corrected chi connectivity index (χ3v) is 2.95. The topological polar surface area (TPSA) is 32.5 Å². The zero-order chi connectivity index (χ0) is 10.7. The van der Waals surface area contributed by atoms with Gasteiger partial charge >= 0.3 is 0 Å². The zero-order valence-corrected chi connectivity index (χ0v) is 9.44. The Kier molecular flexibility index (Phi) is 3.38. The van der Waals surface area contributed by atoms with Gasteiger partial charge in [-0.15, -0.1) is 0 Å². The summed E-state index contributed by atoms with van der Waals surface area (Å²) in [4.78, 5) is 8.70. The average Bonchev–Trinajstić information content (AvgIpc) is 2.71. The van der Waals surface area contributed by atoms with Crippen LogP contribution in [-0.4, -0.2) is 47.0 Å². The standard InChI is InChI=1S/C11H18N3O/c1-10(2)14-5-3-13(4-6-14)8-11-7-12-9-15-11/h7,10H,3-6,8H2,1-2H3. The summed E-state index contributed by atoms with van der Waals surface area (Å²) >= 11 is 0. The van der Waals surface area contributed by atoms with Crippen LogP contribution in [0.2, 0.25) is 0 Å². The summed E-state index contributed by atoms with van der Waals surface area (Å²) in [5, 5.41) is 0. The second kappa shape index (κ2) is 4.77. The maximum atomic E-state index is 5.12. The van der Waals surface area contributed by atoms with Gasteiger partial charge in [0.05, 0.1) is 12.7 Å². The van der Waals surface area contributed by atoms with Gasteiger partial charge in [-0.25, -0.2) is 4.98 Å². The molecule has 1 aromatic heterocycles. The summed E-state index contributed by atoms with van der Waals surface area (Å²) in [6.07, 6.45) is 4.23. The summed E-state index contributed by atoms with van der Waals surface area (Å²) in [6.45, 7) is 9.88. The van der Waals surface area contributed by atoms with E-state index in [1.165, 1.54) is 0 Å². The van der Waals surface area contributed by atoms with Crippen LogP contribution in [0.5, 0.6) is 0 Å². The molecule has 0 aromatic carbocycles. The van der Waals surface area contributed by atoms with Gasteiger partial charge in [-0.1, -0.05) is 0 Å². The van der Waals surface area contributed by atoms with Gasteiger partial charge in [0.2, 0.25) is 0 Å². The van der Waals surface area contributed by atoms with Gasteiger partial charge < -0.3 is 4.42 Å². The van der Waals surface area contributed by atoms with Gasteiger partial charge in [0.15, 0.2) is 0 Å². The quantitative estimate of drug-likeness (QED) is 0.742. The van der Waals surface area contributed by atoms with Crippen LogP contribution in [0.3, 0.4) is 0 Å². The van der Waals surface area contributed by atoms with E-state index in [4.69, 9.17) is 4.42 Å². The van der Waals surface area contributed by atoms with E-state index in [-0.39, 0.29) is 0 Å². The minimum atomic E-state index is 0.658. The normalized spacial score (nSPS) is 19.9. The van der Waals surface area contributed by atoms with Crippen LogP contribution >= 0.6 is 0 Å². The predicted molar refractivity (Wildman–Crippen MR) is 57.3 cm³/mol. The minimum Gasteiger partial charge on any atom is -0.436 e. The van der Waals surface area contributed by atoms with Gasteiger partial charge in [-0.05, 0) is 13.8 Å². The van der Waals surface area contributed by atoms with Gasteiger partial charge in [0.1, 0.15) is 5.76 Å². The molecule has 0 aliphatic carbocycles. The number of hydrogen-bond donors (Lipinski definition) is 0. The van der Waals surface area contributed by atoms with E-state index in [2.05, 4.69) is 35.0 Å². The lowest BCUT2D eigenvalue weighted by molar-refractivity contribution is 0.0990. The first kappa shape index (κ1) is 10.6. The number of aromatic nitrogens is 1. The Morgan fingerprint density at radius 3 is 2.67 bits per heavy atom. The molecule has 1 fully saturated rings. The van der Waals surface area contributed by atoms with E-state index >= 15 is 0 Å². The van der Waals surface area contributed by atoms with Crippen molar-refractivity contribution in [3.05, 3.63) is 18.4 Å². The summed E-state index contributed by atoms with van der Waals surface area (Å²) in [5.41, 5.74) is 0. The van der Waals surface area contributed by atoms with Crippen LogP contribution in [0.4, 0.5) is 0 Å². The van der Waals surface area contributed by atoms with Crippen LogP contribution in [0.1, 0.15) is 19.6 Å². The fourth-order valence-corrected chi connectivity index (χ4v) is 1.94. The van der Waals surface area contributed by atoms with Crippen molar-refractivity contribution in [2.45, 2.75) is 26.4 Å². The van der Waals surface area contributed by atoms with Crippen molar-refractivity contribution in [2.75, 3.05) is 26.2 Å². The first-order chi connectivity index (χ1) is 7.25. The molecule has 1 saturated heterocycles. The van der Waals surface area contributed by atoms with Crippen molar-refractivity contribution in [3.8, 4) is 0 Å². The molecule has 0 spiro atoms. The van der Waals surface area contributed by atoms with Crippen LogP contribution in [0, 0.1) is 6.39 Å². The highest BCUT2D eigenvalue weighted by Crippen LogP contribution is 2.09. The lowest BCUT2D eigenvalue weighted by atomic mass is 10.2. The Morgan fingerprint density at radius 2 is 2.13 bits per heavy atom. The molecule has 0 N–H and O–H groups in total. The second-order valence-electron chi connectivity index (χ2n) is 4.32.